The molecule has 73 heavy (non-hydrogen) atoms. The van der Waals surface area contributed by atoms with Gasteiger partial charge in [0.25, 0.3) is 11.9 Å². The average molecular weight is 979 g/mol. The molecule has 0 atom stereocenters. The number of rotatable bonds is 14. The Morgan fingerprint density at radius 2 is 1.29 bits per heavy atom. The van der Waals surface area contributed by atoms with Crippen LogP contribution in [0.25, 0.3) is 67.1 Å². The molecule has 6 aromatic carbocycles. The topological polar surface area (TPSA) is 258 Å². The van der Waals surface area contributed by atoms with Gasteiger partial charge >= 0.3 is 29.0 Å². The normalized spacial score (nSPS) is 11.4. The number of carbonyl (C=O) groups is 2. The minimum absolute atomic E-state index is 0.0387. The molecule has 0 saturated heterocycles. The fourth-order valence-electron chi connectivity index (χ4n) is 8.85. The molecule has 0 aliphatic heterocycles. The number of para-hydroxylation sites is 2. The van der Waals surface area contributed by atoms with Gasteiger partial charge in [-0.05, 0) is 71.5 Å². The minimum atomic E-state index is -1.00. The molecule has 0 fully saturated rings. The predicted octanol–water partition coefficient (Wildman–Crippen LogP) is 7.57. The summed E-state index contributed by atoms with van der Waals surface area (Å²) in [6, 6.07) is 39.7. The Kier molecular flexibility index (Phi) is 11.6. The van der Waals surface area contributed by atoms with E-state index in [4.69, 9.17) is 32.3 Å². The number of aromatic amines is 2. The van der Waals surface area contributed by atoms with Crippen LogP contribution in [0.1, 0.15) is 50.3 Å². The molecule has 20 heteroatoms. The lowest BCUT2D eigenvalue weighted by molar-refractivity contribution is 0.0444. The summed E-state index contributed by atoms with van der Waals surface area (Å²) < 4.78 is 35.3. The molecule has 0 aliphatic rings. The Balaban J connectivity index is 0.885. The highest BCUT2D eigenvalue weighted by molar-refractivity contribution is 6.08. The van der Waals surface area contributed by atoms with E-state index in [0.29, 0.717) is 55.7 Å². The van der Waals surface area contributed by atoms with E-state index in [0.717, 1.165) is 21.3 Å². The first-order valence-corrected chi connectivity index (χ1v) is 22.7. The second-order valence-corrected chi connectivity index (χ2v) is 16.7. The van der Waals surface area contributed by atoms with E-state index in [9.17, 15) is 28.8 Å². The van der Waals surface area contributed by atoms with Gasteiger partial charge in [0.2, 0.25) is 0 Å². The molecule has 362 valence electrons. The third kappa shape index (κ3) is 8.47. The summed E-state index contributed by atoms with van der Waals surface area (Å²) in [5.74, 6) is -3.52. The summed E-state index contributed by atoms with van der Waals surface area (Å²) in [7, 11) is 0. The van der Waals surface area contributed by atoms with Crippen molar-refractivity contribution in [2.45, 2.75) is 33.5 Å². The van der Waals surface area contributed by atoms with E-state index < -0.39 is 34.9 Å². The molecule has 0 spiro atoms. The van der Waals surface area contributed by atoms with Crippen molar-refractivity contribution in [3.05, 3.63) is 209 Å². The molecule has 0 unspecified atom stereocenters. The summed E-state index contributed by atoms with van der Waals surface area (Å²) in [5, 5.41) is 7.99. The average Bonchev–Trinajstić information content (AvgIpc) is 4.24. The molecular weight excluding hydrogens is 941 g/mol. The number of benzene rings is 6. The second kappa shape index (κ2) is 18.7. The molecule has 11 aromatic rings. The molecule has 11 rings (SSSR count). The first kappa shape index (κ1) is 45.3. The van der Waals surface area contributed by atoms with E-state index in [1.165, 1.54) is 17.6 Å². The maximum Gasteiger partial charge on any atom is 0.519 e. The zero-order chi connectivity index (χ0) is 50.3. The van der Waals surface area contributed by atoms with Crippen LogP contribution in [-0.2, 0) is 24.4 Å². The molecule has 0 amide bonds. The smallest absolute Gasteiger partial charge is 0.465 e. The lowest BCUT2D eigenvalue weighted by atomic mass is 9.98. The molecule has 0 bridgehead atoms. The lowest BCUT2D eigenvalue weighted by Gasteiger charge is -2.13. The number of carbonyl (C=O) groups excluding carboxylic acids is 2. The van der Waals surface area contributed by atoms with Crippen LogP contribution < -0.4 is 27.8 Å². The number of aryl methyl sites for hydroxylation is 1. The Bertz CT molecular complexity index is 4160. The molecular formula is C53H38N8O12. The number of imidazole rings is 2. The Labute approximate surface area is 409 Å². The number of ether oxygens (including phenoxy) is 2. The summed E-state index contributed by atoms with van der Waals surface area (Å²) in [6.07, 6.45) is 0. The molecule has 2 N–H and O–H groups in total. The summed E-state index contributed by atoms with van der Waals surface area (Å²) in [5.41, 5.74) is 7.02. The monoisotopic (exact) mass is 978 g/mol. The van der Waals surface area contributed by atoms with Gasteiger partial charge < -0.3 is 23.3 Å². The van der Waals surface area contributed by atoms with E-state index in [1.54, 1.807) is 47.0 Å². The van der Waals surface area contributed by atoms with Crippen molar-refractivity contribution in [3.8, 4) is 51.0 Å². The molecule has 5 heterocycles. The number of nitrogens with zero attached hydrogens (tertiary/aromatic N) is 6. The van der Waals surface area contributed by atoms with Crippen LogP contribution in [0.15, 0.2) is 171 Å². The number of aromatic nitrogens is 8. The third-order valence-electron chi connectivity index (χ3n) is 12.2. The third-order valence-corrected chi connectivity index (χ3v) is 12.2. The number of nitrogens with one attached hydrogen (secondary N) is 2. The van der Waals surface area contributed by atoms with Crippen LogP contribution in [0.5, 0.6) is 6.01 Å². The van der Waals surface area contributed by atoms with Crippen molar-refractivity contribution < 1.29 is 36.9 Å². The van der Waals surface area contributed by atoms with Crippen LogP contribution in [0, 0.1) is 6.92 Å². The molecule has 0 aliphatic carbocycles. The Morgan fingerprint density at radius 1 is 0.644 bits per heavy atom. The van der Waals surface area contributed by atoms with Crippen molar-refractivity contribution in [1.82, 2.24) is 39.0 Å². The summed E-state index contributed by atoms with van der Waals surface area (Å²) >= 11 is 0. The van der Waals surface area contributed by atoms with Gasteiger partial charge in [0.05, 0.1) is 52.9 Å². The second-order valence-electron chi connectivity index (χ2n) is 16.7. The maximum atomic E-state index is 14.9. The van der Waals surface area contributed by atoms with Crippen molar-refractivity contribution in [1.29, 1.82) is 0 Å². The SMILES string of the molecule is CCOc1nc2cccc(C(=O)n3c(-c4ccccc4-c4ccc(Cn5c(=O)[nH]c6cccc(C(=O)OCc7oc(=O)oc7C)c65)cc4)noc3=O)c2n1Cc1ccc(-c2ccccc2-c2noc(=O)[nH]2)cc1. The standard InChI is InChI=1S/C53H38N8O12/c1-3-68-50-55-41-17-8-14-38(43(41)60(50)27-31-20-22-32(23-21-31)34-10-4-6-12-36(34)45-56-51(65)72-57-45)47(62)61-46(58-73-52(61)66)37-13-7-5-11-35(37)33-24-18-30(19-25-33)26-59-44-39(15-9-16-40(44)54-49(59)64)48(63)69-28-42-29(2)70-53(67)71-42/h4-25H,3,26-28H2,1-2H3,(H,54,64)(H,56,57,65). The van der Waals surface area contributed by atoms with Gasteiger partial charge in [0, 0.05) is 11.1 Å². The van der Waals surface area contributed by atoms with Crippen molar-refractivity contribution in [2.75, 3.05) is 6.61 Å². The van der Waals surface area contributed by atoms with Crippen LogP contribution in [0.3, 0.4) is 0 Å². The maximum absolute atomic E-state index is 14.9. The molecule has 0 radical (unpaired) electrons. The van der Waals surface area contributed by atoms with Crippen molar-refractivity contribution in [2.24, 2.45) is 0 Å². The predicted molar refractivity (Wildman–Crippen MR) is 262 cm³/mol. The number of hydrogen-bond acceptors (Lipinski definition) is 15. The minimum Gasteiger partial charge on any atom is -0.465 e. The highest BCUT2D eigenvalue weighted by Crippen LogP contribution is 2.34. The first-order valence-electron chi connectivity index (χ1n) is 22.7. The van der Waals surface area contributed by atoms with Gasteiger partial charge in [-0.15, -0.1) is 0 Å². The highest BCUT2D eigenvalue weighted by Gasteiger charge is 2.27. The fraction of sp³-hybridized carbons (Fsp3) is 0.113. The van der Waals surface area contributed by atoms with Crippen molar-refractivity contribution >= 4 is 33.9 Å². The summed E-state index contributed by atoms with van der Waals surface area (Å²) in [4.78, 5) is 88.6. The summed E-state index contributed by atoms with van der Waals surface area (Å²) in [6.45, 7) is 3.58. The van der Waals surface area contributed by atoms with Gasteiger partial charge in [0.15, 0.2) is 29.8 Å². The van der Waals surface area contributed by atoms with Gasteiger partial charge in [-0.1, -0.05) is 120 Å². The highest BCUT2D eigenvalue weighted by atomic mass is 16.6. The molecule has 5 aromatic heterocycles. The van der Waals surface area contributed by atoms with Gasteiger partial charge in [-0.3, -0.25) is 28.0 Å². The quantitative estimate of drug-likeness (QED) is 0.0996. The van der Waals surface area contributed by atoms with Crippen LogP contribution in [-0.4, -0.2) is 57.4 Å². The van der Waals surface area contributed by atoms with Crippen LogP contribution in [0.2, 0.25) is 0 Å². The van der Waals surface area contributed by atoms with Crippen LogP contribution >= 0.6 is 0 Å². The Morgan fingerprint density at radius 3 is 1.95 bits per heavy atom. The number of esters is 1. The van der Waals surface area contributed by atoms with Gasteiger partial charge in [0.1, 0.15) is 0 Å². The fourth-order valence-corrected chi connectivity index (χ4v) is 8.85. The zero-order valence-corrected chi connectivity index (χ0v) is 38.6. The van der Waals surface area contributed by atoms with Crippen molar-refractivity contribution in [3.63, 3.8) is 0 Å². The largest absolute Gasteiger partial charge is 0.519 e. The Hall–Kier alpha value is -10.1. The van der Waals surface area contributed by atoms with E-state index in [1.807, 2.05) is 91.9 Å². The van der Waals surface area contributed by atoms with E-state index in [2.05, 4.69) is 20.3 Å². The van der Waals surface area contributed by atoms with E-state index in [-0.39, 0.29) is 60.8 Å². The van der Waals surface area contributed by atoms with Crippen LogP contribution in [0.4, 0.5) is 0 Å². The number of fused-ring (bicyclic) bond motifs is 2. The van der Waals surface area contributed by atoms with Gasteiger partial charge in [-0.2, -0.15) is 9.55 Å². The number of hydrogen-bond donors (Lipinski definition) is 2. The van der Waals surface area contributed by atoms with E-state index >= 15 is 0 Å². The number of H-pyrrole nitrogens is 2. The molecule has 20 nitrogen and oxygen atoms in total. The lowest BCUT2D eigenvalue weighted by Crippen LogP contribution is -2.25. The van der Waals surface area contributed by atoms with Gasteiger partial charge in [-0.25, -0.2) is 24.0 Å². The first-order chi connectivity index (χ1) is 35.5. The molecule has 0 saturated carbocycles. The zero-order valence-electron chi connectivity index (χ0n) is 38.6.